The molecule has 4 rings (SSSR count). The molecule has 22 heavy (non-hydrogen) atoms. The third-order valence-electron chi connectivity index (χ3n) is 8.13. The molecule has 0 aromatic heterocycles. The molecule has 122 valence electrons. The molecule has 1 N–H and O–H groups in total. The van der Waals surface area contributed by atoms with Gasteiger partial charge in [0.25, 0.3) is 0 Å². The molecular weight excluding hydrogens is 272 g/mol. The molecule has 4 aliphatic carbocycles. The fourth-order valence-electron chi connectivity index (χ4n) is 6.91. The normalized spacial score (nSPS) is 50.9. The Labute approximate surface area is 134 Å². The van der Waals surface area contributed by atoms with Crippen LogP contribution in [-0.2, 0) is 4.79 Å². The van der Waals surface area contributed by atoms with Crippen LogP contribution >= 0.6 is 0 Å². The molecular formula is C20H30O2. The number of hydrogen-bond donors (Lipinski definition) is 1. The number of fused-ring (bicyclic) bond motifs is 5. The number of Topliss-reactive ketones (excluding diaryl/α,β-unsaturated/α-hetero) is 1. The topological polar surface area (TPSA) is 37.3 Å². The fraction of sp³-hybridized carbons (Fsp3) is 0.850. The number of aliphatic hydroxyl groups is 1. The van der Waals surface area contributed by atoms with Gasteiger partial charge in [-0.3, -0.25) is 4.79 Å². The van der Waals surface area contributed by atoms with Gasteiger partial charge in [0.15, 0.2) is 5.78 Å². The highest BCUT2D eigenvalue weighted by Gasteiger charge is 2.61. The summed E-state index contributed by atoms with van der Waals surface area (Å²) in [5.74, 6) is 1.97. The number of rotatable bonds is 1. The Morgan fingerprint density at radius 2 is 2.09 bits per heavy atom. The van der Waals surface area contributed by atoms with E-state index in [0.717, 1.165) is 31.6 Å². The van der Waals surface area contributed by atoms with Gasteiger partial charge in [0.05, 0.1) is 0 Å². The Morgan fingerprint density at radius 1 is 1.27 bits per heavy atom. The van der Waals surface area contributed by atoms with Crippen molar-refractivity contribution in [2.45, 2.75) is 77.7 Å². The molecule has 0 saturated heterocycles. The van der Waals surface area contributed by atoms with Gasteiger partial charge >= 0.3 is 0 Å². The lowest BCUT2D eigenvalue weighted by molar-refractivity contribution is -0.138. The monoisotopic (exact) mass is 302 g/mol. The SMILES string of the molecule is CC[C@]12CC[C@H]3[C@@H](CC=C4CCCC[C@@]43C)[C@@H]1C[C@@H](O)C2=O. The summed E-state index contributed by atoms with van der Waals surface area (Å²) in [6, 6.07) is 0. The van der Waals surface area contributed by atoms with Crippen molar-refractivity contribution < 1.29 is 9.90 Å². The van der Waals surface area contributed by atoms with Gasteiger partial charge in [-0.1, -0.05) is 31.9 Å². The van der Waals surface area contributed by atoms with E-state index < -0.39 is 6.10 Å². The lowest BCUT2D eigenvalue weighted by atomic mass is 9.47. The van der Waals surface area contributed by atoms with Crippen molar-refractivity contribution in [3.8, 4) is 0 Å². The van der Waals surface area contributed by atoms with Crippen molar-refractivity contribution in [2.24, 2.45) is 28.6 Å². The maximum absolute atomic E-state index is 12.7. The zero-order valence-corrected chi connectivity index (χ0v) is 14.1. The Hall–Kier alpha value is -0.630. The molecule has 0 radical (unpaired) electrons. The molecule has 0 heterocycles. The van der Waals surface area contributed by atoms with Crippen molar-refractivity contribution >= 4 is 5.78 Å². The standard InChI is InChI=1S/C20H30O2/c1-3-20-11-9-15-14(16(20)12-17(21)18(20)22)8-7-13-6-4-5-10-19(13,15)2/h7,14-17,21H,3-6,8-12H2,1-2H3/t14-,15+,16+,17-,19+,20+/m1/s1. The molecule has 2 heteroatoms. The predicted octanol–water partition coefficient (Wildman–Crippen LogP) is 4.27. The molecule has 0 amide bonds. The molecule has 0 spiro atoms. The van der Waals surface area contributed by atoms with E-state index in [1.165, 1.54) is 32.1 Å². The van der Waals surface area contributed by atoms with Crippen molar-refractivity contribution in [1.29, 1.82) is 0 Å². The number of carbonyl (C=O) groups excluding carboxylic acids is 1. The van der Waals surface area contributed by atoms with Crippen LogP contribution in [0.1, 0.15) is 71.6 Å². The molecule has 6 atom stereocenters. The molecule has 0 bridgehead atoms. The van der Waals surface area contributed by atoms with Crippen molar-refractivity contribution in [1.82, 2.24) is 0 Å². The minimum absolute atomic E-state index is 0.169. The average molecular weight is 302 g/mol. The summed E-state index contributed by atoms with van der Waals surface area (Å²) in [4.78, 5) is 12.7. The minimum atomic E-state index is -0.687. The summed E-state index contributed by atoms with van der Waals surface area (Å²) in [5.41, 5.74) is 1.91. The highest BCUT2D eigenvalue weighted by atomic mass is 16.3. The first kappa shape index (κ1) is 14.9. The van der Waals surface area contributed by atoms with Crippen molar-refractivity contribution in [2.75, 3.05) is 0 Å². The first-order chi connectivity index (χ1) is 10.5. The molecule has 4 aliphatic rings. The van der Waals surface area contributed by atoms with Crippen LogP contribution in [-0.4, -0.2) is 17.0 Å². The second-order valence-electron chi connectivity index (χ2n) is 8.63. The van der Waals surface area contributed by atoms with Crippen molar-refractivity contribution in [3.63, 3.8) is 0 Å². The van der Waals surface area contributed by atoms with Gasteiger partial charge in [-0.15, -0.1) is 0 Å². The summed E-state index contributed by atoms with van der Waals surface area (Å²) in [6.45, 7) is 4.66. The largest absolute Gasteiger partial charge is 0.385 e. The Bertz CT molecular complexity index is 522. The van der Waals surface area contributed by atoms with E-state index in [1.807, 2.05) is 0 Å². The molecule has 3 fully saturated rings. The second-order valence-corrected chi connectivity index (χ2v) is 8.63. The molecule has 0 aliphatic heterocycles. The van der Waals surface area contributed by atoms with E-state index in [4.69, 9.17) is 0 Å². The van der Waals surface area contributed by atoms with Crippen LogP contribution < -0.4 is 0 Å². The zero-order valence-electron chi connectivity index (χ0n) is 14.1. The first-order valence-corrected chi connectivity index (χ1v) is 9.45. The van der Waals surface area contributed by atoms with Gasteiger partial charge in [0, 0.05) is 5.41 Å². The van der Waals surface area contributed by atoms with Gasteiger partial charge in [-0.25, -0.2) is 0 Å². The lowest BCUT2D eigenvalue weighted by Gasteiger charge is -2.56. The highest BCUT2D eigenvalue weighted by molar-refractivity contribution is 5.91. The highest BCUT2D eigenvalue weighted by Crippen LogP contribution is 2.64. The average Bonchev–Trinajstić information content (AvgIpc) is 2.79. The smallest absolute Gasteiger partial charge is 0.167 e. The number of hydrogen-bond acceptors (Lipinski definition) is 2. The van der Waals surface area contributed by atoms with Crippen LogP contribution in [0.15, 0.2) is 11.6 Å². The third-order valence-corrected chi connectivity index (χ3v) is 8.13. The number of allylic oxidation sites excluding steroid dienone is 2. The summed E-state index contributed by atoms with van der Waals surface area (Å²) in [6.07, 6.45) is 12.2. The quantitative estimate of drug-likeness (QED) is 0.734. The van der Waals surface area contributed by atoms with Gasteiger partial charge in [0.2, 0.25) is 0 Å². The van der Waals surface area contributed by atoms with Gasteiger partial charge in [-0.05, 0) is 74.5 Å². The summed E-state index contributed by atoms with van der Waals surface area (Å²) >= 11 is 0. The minimum Gasteiger partial charge on any atom is -0.385 e. The van der Waals surface area contributed by atoms with Crippen LogP contribution in [0.3, 0.4) is 0 Å². The Balaban J connectivity index is 1.72. The maximum Gasteiger partial charge on any atom is 0.167 e. The Kier molecular flexibility index (Phi) is 3.35. The number of aliphatic hydroxyl groups excluding tert-OH is 1. The fourth-order valence-corrected chi connectivity index (χ4v) is 6.91. The van der Waals surface area contributed by atoms with Crippen molar-refractivity contribution in [3.05, 3.63) is 11.6 Å². The lowest BCUT2D eigenvalue weighted by Crippen LogP contribution is -2.50. The molecule has 3 saturated carbocycles. The summed E-state index contributed by atoms with van der Waals surface area (Å²) < 4.78 is 0. The van der Waals surface area contributed by atoms with Crippen LogP contribution in [0.5, 0.6) is 0 Å². The number of carbonyl (C=O) groups is 1. The number of ketones is 1. The van der Waals surface area contributed by atoms with E-state index in [9.17, 15) is 9.90 Å². The van der Waals surface area contributed by atoms with E-state index in [0.29, 0.717) is 17.3 Å². The molecule has 0 aromatic carbocycles. The molecule has 2 nitrogen and oxygen atoms in total. The van der Waals surface area contributed by atoms with E-state index in [-0.39, 0.29) is 11.2 Å². The molecule has 0 aromatic rings. The van der Waals surface area contributed by atoms with Gasteiger partial charge in [0.1, 0.15) is 6.10 Å². The second kappa shape index (κ2) is 4.93. The summed E-state index contributed by atoms with van der Waals surface area (Å²) in [7, 11) is 0. The molecule has 0 unspecified atom stereocenters. The predicted molar refractivity (Wildman–Crippen MR) is 87.3 cm³/mol. The van der Waals surface area contributed by atoms with E-state index in [1.54, 1.807) is 5.57 Å². The van der Waals surface area contributed by atoms with Crippen LogP contribution in [0.2, 0.25) is 0 Å². The van der Waals surface area contributed by atoms with Gasteiger partial charge in [-0.2, -0.15) is 0 Å². The van der Waals surface area contributed by atoms with E-state index in [2.05, 4.69) is 19.9 Å². The Morgan fingerprint density at radius 3 is 2.86 bits per heavy atom. The van der Waals surface area contributed by atoms with Crippen LogP contribution in [0.4, 0.5) is 0 Å². The van der Waals surface area contributed by atoms with Gasteiger partial charge < -0.3 is 5.11 Å². The van der Waals surface area contributed by atoms with E-state index >= 15 is 0 Å². The zero-order chi connectivity index (χ0) is 15.5. The first-order valence-electron chi connectivity index (χ1n) is 9.45. The van der Waals surface area contributed by atoms with Crippen LogP contribution in [0.25, 0.3) is 0 Å². The third kappa shape index (κ3) is 1.74. The summed E-state index contributed by atoms with van der Waals surface area (Å²) in [5, 5.41) is 10.2. The van der Waals surface area contributed by atoms with Crippen LogP contribution in [0, 0.1) is 28.6 Å². The maximum atomic E-state index is 12.7.